The first-order chi connectivity index (χ1) is 23.7. The van der Waals surface area contributed by atoms with E-state index in [1.807, 2.05) is 72.8 Å². The Labute approximate surface area is 295 Å². The first-order valence-electron chi connectivity index (χ1n) is 15.9. The van der Waals surface area contributed by atoms with Gasteiger partial charge in [-0.1, -0.05) is 125 Å². The molecule has 49 heavy (non-hydrogen) atoms. The van der Waals surface area contributed by atoms with Crippen molar-refractivity contribution < 1.29 is 18.1 Å². The Morgan fingerprint density at radius 2 is 1.31 bits per heavy atom. The van der Waals surface area contributed by atoms with Gasteiger partial charge in [-0.15, -0.1) is 6.58 Å². The summed E-state index contributed by atoms with van der Waals surface area (Å²) in [5.41, 5.74) is 2.95. The van der Waals surface area contributed by atoms with Crippen LogP contribution < -0.4 is 4.72 Å². The molecule has 10 heteroatoms. The Morgan fingerprint density at radius 1 is 0.796 bits per heavy atom. The van der Waals surface area contributed by atoms with E-state index in [-0.39, 0.29) is 35.1 Å². The number of benzene rings is 5. The molecular formula is C39H36BrN3O5S. The lowest BCUT2D eigenvalue weighted by Gasteiger charge is -2.56. The van der Waals surface area contributed by atoms with Gasteiger partial charge in [0.25, 0.3) is 5.69 Å². The Bertz CT molecular complexity index is 1880. The number of likely N-dealkylation sites (tertiary alicyclic amines) is 1. The summed E-state index contributed by atoms with van der Waals surface area (Å²) in [7, 11) is -3.95. The summed E-state index contributed by atoms with van der Waals surface area (Å²) >= 11 is 3.55. The predicted molar refractivity (Wildman–Crippen MR) is 195 cm³/mol. The fourth-order valence-corrected chi connectivity index (χ4v) is 8.13. The molecular weight excluding hydrogens is 702 g/mol. The number of sulfonamides is 1. The van der Waals surface area contributed by atoms with E-state index < -0.39 is 20.5 Å². The number of nitrogens with one attached hydrogen (secondary N) is 1. The van der Waals surface area contributed by atoms with E-state index in [1.165, 1.54) is 24.3 Å². The van der Waals surface area contributed by atoms with Crippen LogP contribution in [0.15, 0.2) is 162 Å². The molecule has 5 aromatic rings. The third-order valence-electron chi connectivity index (χ3n) is 9.13. The molecule has 1 aliphatic rings. The Kier molecular flexibility index (Phi) is 10.5. The SMILES string of the molecule is C=CCN1[C@H](CNS(=O)(=O)c2ccc([N+](=O)[O-])cc2)[C@@H](c2ccc(Br)cc2)[C@@H]1COC(c1ccccc1)(c1ccccc1)c1ccccc1. The monoisotopic (exact) mass is 737 g/mol. The minimum Gasteiger partial charge on any atom is -0.359 e. The molecule has 5 aromatic carbocycles. The molecule has 6 rings (SSSR count). The van der Waals surface area contributed by atoms with Gasteiger partial charge in [0, 0.05) is 47.7 Å². The summed E-state index contributed by atoms with van der Waals surface area (Å²) < 4.78 is 37.7. The number of non-ortho nitro benzene ring substituents is 1. The van der Waals surface area contributed by atoms with Crippen molar-refractivity contribution in [3.8, 4) is 0 Å². The molecule has 0 spiro atoms. The number of hydrogen-bond acceptors (Lipinski definition) is 6. The maximum absolute atomic E-state index is 13.4. The lowest BCUT2D eigenvalue weighted by Crippen LogP contribution is -2.67. The molecule has 250 valence electrons. The first-order valence-corrected chi connectivity index (χ1v) is 18.2. The molecule has 1 heterocycles. The predicted octanol–water partition coefficient (Wildman–Crippen LogP) is 7.67. The molecule has 1 aliphatic heterocycles. The van der Waals surface area contributed by atoms with Gasteiger partial charge in [-0.3, -0.25) is 15.0 Å². The first kappa shape index (κ1) is 34.4. The number of hydrogen-bond donors (Lipinski definition) is 1. The molecule has 0 radical (unpaired) electrons. The van der Waals surface area contributed by atoms with Crippen molar-refractivity contribution in [2.24, 2.45) is 0 Å². The van der Waals surface area contributed by atoms with Crippen LogP contribution in [-0.4, -0.2) is 50.0 Å². The average molecular weight is 739 g/mol. The lowest BCUT2D eigenvalue weighted by atomic mass is 9.74. The van der Waals surface area contributed by atoms with Gasteiger partial charge in [0.05, 0.1) is 16.4 Å². The molecule has 1 saturated heterocycles. The van der Waals surface area contributed by atoms with Gasteiger partial charge >= 0.3 is 0 Å². The largest absolute Gasteiger partial charge is 0.359 e. The topological polar surface area (TPSA) is 102 Å². The number of rotatable bonds is 14. The van der Waals surface area contributed by atoms with Gasteiger partial charge in [-0.25, -0.2) is 13.1 Å². The maximum atomic E-state index is 13.4. The number of nitro benzene ring substituents is 1. The van der Waals surface area contributed by atoms with Gasteiger partial charge in [0.15, 0.2) is 0 Å². The third kappa shape index (κ3) is 7.15. The van der Waals surface area contributed by atoms with Crippen LogP contribution in [0.5, 0.6) is 0 Å². The van der Waals surface area contributed by atoms with Crippen molar-refractivity contribution in [1.29, 1.82) is 0 Å². The van der Waals surface area contributed by atoms with Gasteiger partial charge in [-0.05, 0) is 46.5 Å². The average Bonchev–Trinajstić information content (AvgIpc) is 3.13. The Hall–Kier alpha value is -4.45. The van der Waals surface area contributed by atoms with Crippen LogP contribution in [-0.2, 0) is 20.4 Å². The zero-order chi connectivity index (χ0) is 34.4. The normalized spacial score (nSPS) is 18.0. The molecule has 0 bridgehead atoms. The van der Waals surface area contributed by atoms with E-state index in [0.29, 0.717) is 13.2 Å². The molecule has 0 saturated carbocycles. The number of halogens is 1. The fourth-order valence-electron chi connectivity index (χ4n) is 6.81. The molecule has 0 aromatic heterocycles. The lowest BCUT2D eigenvalue weighted by molar-refractivity contribution is -0.384. The quantitative estimate of drug-likeness (QED) is 0.0544. The van der Waals surface area contributed by atoms with Gasteiger partial charge in [0.1, 0.15) is 5.60 Å². The van der Waals surface area contributed by atoms with E-state index in [2.05, 4.69) is 80.7 Å². The summed E-state index contributed by atoms with van der Waals surface area (Å²) in [4.78, 5) is 12.7. The number of nitro groups is 1. The van der Waals surface area contributed by atoms with Crippen molar-refractivity contribution in [3.63, 3.8) is 0 Å². The molecule has 1 N–H and O–H groups in total. The Morgan fingerprint density at radius 3 is 1.78 bits per heavy atom. The van der Waals surface area contributed by atoms with Crippen LogP contribution in [0, 0.1) is 10.1 Å². The molecule has 0 aliphatic carbocycles. The van der Waals surface area contributed by atoms with Crippen LogP contribution >= 0.6 is 15.9 Å². The van der Waals surface area contributed by atoms with Crippen molar-refractivity contribution in [2.75, 3.05) is 19.7 Å². The van der Waals surface area contributed by atoms with Crippen LogP contribution in [0.2, 0.25) is 0 Å². The second-order valence-electron chi connectivity index (χ2n) is 11.9. The summed E-state index contributed by atoms with van der Waals surface area (Å²) in [5, 5.41) is 11.1. The molecule has 8 nitrogen and oxygen atoms in total. The summed E-state index contributed by atoms with van der Waals surface area (Å²) in [5.74, 6) is -0.0902. The molecule has 3 atom stereocenters. The summed E-state index contributed by atoms with van der Waals surface area (Å²) in [6.07, 6.45) is 1.82. The minimum atomic E-state index is -3.95. The molecule has 0 unspecified atom stereocenters. The minimum absolute atomic E-state index is 0.0360. The maximum Gasteiger partial charge on any atom is 0.269 e. The van der Waals surface area contributed by atoms with Crippen LogP contribution in [0.4, 0.5) is 5.69 Å². The highest BCUT2D eigenvalue weighted by molar-refractivity contribution is 9.10. The van der Waals surface area contributed by atoms with E-state index in [0.717, 1.165) is 26.7 Å². The van der Waals surface area contributed by atoms with E-state index >= 15 is 0 Å². The zero-order valence-corrected chi connectivity index (χ0v) is 29.0. The van der Waals surface area contributed by atoms with Crippen molar-refractivity contribution in [3.05, 3.63) is 189 Å². The fraction of sp³-hybridized carbons (Fsp3) is 0.179. The highest BCUT2D eigenvalue weighted by Gasteiger charge is 2.50. The van der Waals surface area contributed by atoms with Crippen LogP contribution in [0.25, 0.3) is 0 Å². The molecule has 1 fully saturated rings. The van der Waals surface area contributed by atoms with Gasteiger partial charge in [-0.2, -0.15) is 0 Å². The number of nitrogens with zero attached hydrogens (tertiary/aromatic N) is 2. The van der Waals surface area contributed by atoms with E-state index in [9.17, 15) is 18.5 Å². The van der Waals surface area contributed by atoms with Crippen LogP contribution in [0.3, 0.4) is 0 Å². The second kappa shape index (κ2) is 15.0. The standard InChI is InChI=1S/C39H36BrN3O5S/c1-2-26-42-36(27-41-49(46,47)35-24-22-34(23-25-35)43(44)45)38(29-18-20-33(40)21-19-29)37(42)28-48-39(30-12-6-3-7-13-30,31-14-8-4-9-15-31)32-16-10-5-11-17-32/h2-25,36-38,41H,1,26-28H2/t36-,37+,38-/m1/s1. The van der Waals surface area contributed by atoms with E-state index in [1.54, 1.807) is 0 Å². The summed E-state index contributed by atoms with van der Waals surface area (Å²) in [6, 6.07) is 43.3. The number of ether oxygens (including phenoxy) is 1. The molecule has 0 amide bonds. The third-order valence-corrected chi connectivity index (χ3v) is 11.1. The van der Waals surface area contributed by atoms with Crippen molar-refractivity contribution in [1.82, 2.24) is 9.62 Å². The van der Waals surface area contributed by atoms with Gasteiger partial charge in [0.2, 0.25) is 10.0 Å². The smallest absolute Gasteiger partial charge is 0.269 e. The zero-order valence-electron chi connectivity index (χ0n) is 26.6. The van der Waals surface area contributed by atoms with E-state index in [4.69, 9.17) is 4.74 Å². The highest BCUT2D eigenvalue weighted by Crippen LogP contribution is 2.45. The van der Waals surface area contributed by atoms with Crippen molar-refractivity contribution >= 4 is 31.6 Å². The Balaban J connectivity index is 1.35. The second-order valence-corrected chi connectivity index (χ2v) is 14.6. The van der Waals surface area contributed by atoms with Crippen molar-refractivity contribution in [2.45, 2.75) is 28.5 Å². The van der Waals surface area contributed by atoms with Gasteiger partial charge < -0.3 is 4.74 Å². The highest BCUT2D eigenvalue weighted by atomic mass is 79.9. The summed E-state index contributed by atoms with van der Waals surface area (Å²) in [6.45, 7) is 4.97. The van der Waals surface area contributed by atoms with Crippen LogP contribution in [0.1, 0.15) is 28.2 Å².